The maximum atomic E-state index is 12.2. The first-order chi connectivity index (χ1) is 12.7. The van der Waals surface area contributed by atoms with Crippen molar-refractivity contribution >= 4 is 5.97 Å². The molecule has 26 heavy (non-hydrogen) atoms. The summed E-state index contributed by atoms with van der Waals surface area (Å²) < 4.78 is 11.1. The van der Waals surface area contributed by atoms with Crippen molar-refractivity contribution in [2.45, 2.75) is 45.4 Å². The second kappa shape index (κ2) is 11.0. The number of hydrogen-bond donors (Lipinski definition) is 0. The Morgan fingerprint density at radius 2 is 1.50 bits per heavy atom. The molecule has 0 saturated heterocycles. The van der Waals surface area contributed by atoms with Gasteiger partial charge in [-0.25, -0.2) is 4.79 Å². The molecule has 2 aromatic carbocycles. The lowest BCUT2D eigenvalue weighted by atomic mass is 10.1. The van der Waals surface area contributed by atoms with Gasteiger partial charge in [-0.1, -0.05) is 44.9 Å². The molecule has 2 aromatic rings. The summed E-state index contributed by atoms with van der Waals surface area (Å²) in [4.78, 5) is 12.2. The third-order valence-electron chi connectivity index (χ3n) is 4.09. The van der Waals surface area contributed by atoms with Gasteiger partial charge in [0.1, 0.15) is 11.5 Å². The van der Waals surface area contributed by atoms with Crippen LogP contribution in [-0.2, 0) is 0 Å². The Morgan fingerprint density at radius 1 is 0.885 bits per heavy atom. The third-order valence-corrected chi connectivity index (χ3v) is 4.09. The molecule has 0 fully saturated rings. The minimum atomic E-state index is -0.402. The summed E-state index contributed by atoms with van der Waals surface area (Å²) in [5, 5.41) is 0. The average Bonchev–Trinajstić information content (AvgIpc) is 2.68. The first-order valence-electron chi connectivity index (χ1n) is 9.24. The van der Waals surface area contributed by atoms with Gasteiger partial charge in [0.2, 0.25) is 0 Å². The summed E-state index contributed by atoms with van der Waals surface area (Å²) in [6, 6.07) is 13.9. The van der Waals surface area contributed by atoms with E-state index < -0.39 is 5.97 Å². The number of terminal acetylenes is 1. The van der Waals surface area contributed by atoms with Gasteiger partial charge in [0.05, 0.1) is 12.2 Å². The fourth-order valence-electron chi connectivity index (χ4n) is 2.54. The van der Waals surface area contributed by atoms with Crippen molar-refractivity contribution in [3.8, 4) is 23.8 Å². The van der Waals surface area contributed by atoms with E-state index in [1.165, 1.54) is 32.1 Å². The van der Waals surface area contributed by atoms with Gasteiger partial charge in [0, 0.05) is 5.56 Å². The molecule has 0 spiro atoms. The van der Waals surface area contributed by atoms with Crippen molar-refractivity contribution in [2.75, 3.05) is 6.61 Å². The molecule has 0 radical (unpaired) electrons. The van der Waals surface area contributed by atoms with E-state index in [0.717, 1.165) is 17.7 Å². The van der Waals surface area contributed by atoms with Crippen molar-refractivity contribution in [1.29, 1.82) is 0 Å². The van der Waals surface area contributed by atoms with E-state index in [1.54, 1.807) is 48.5 Å². The normalized spacial score (nSPS) is 10.2. The topological polar surface area (TPSA) is 35.5 Å². The summed E-state index contributed by atoms with van der Waals surface area (Å²) >= 11 is 0. The van der Waals surface area contributed by atoms with Crippen LogP contribution < -0.4 is 9.47 Å². The van der Waals surface area contributed by atoms with Crippen molar-refractivity contribution < 1.29 is 14.3 Å². The molecule has 3 heteroatoms. The lowest BCUT2D eigenvalue weighted by Crippen LogP contribution is -2.08. The van der Waals surface area contributed by atoms with Crippen LogP contribution in [0.15, 0.2) is 48.5 Å². The summed E-state index contributed by atoms with van der Waals surface area (Å²) in [7, 11) is 0. The Bertz CT molecular complexity index is 709. The van der Waals surface area contributed by atoms with Crippen LogP contribution in [0.5, 0.6) is 11.5 Å². The molecule has 2 rings (SSSR count). The summed E-state index contributed by atoms with van der Waals surface area (Å²) in [5.41, 5.74) is 1.23. The highest BCUT2D eigenvalue weighted by Gasteiger charge is 2.08. The first kappa shape index (κ1) is 19.6. The van der Waals surface area contributed by atoms with Crippen LogP contribution in [0.1, 0.15) is 61.4 Å². The van der Waals surface area contributed by atoms with E-state index in [9.17, 15) is 4.79 Å². The molecule has 3 nitrogen and oxygen atoms in total. The van der Waals surface area contributed by atoms with Gasteiger partial charge in [0.25, 0.3) is 0 Å². The lowest BCUT2D eigenvalue weighted by molar-refractivity contribution is 0.0734. The minimum absolute atomic E-state index is 0.402. The average molecular weight is 350 g/mol. The Balaban J connectivity index is 1.75. The molecule has 136 valence electrons. The number of hydrogen-bond acceptors (Lipinski definition) is 3. The van der Waals surface area contributed by atoms with E-state index in [4.69, 9.17) is 15.9 Å². The minimum Gasteiger partial charge on any atom is -0.494 e. The molecular formula is C23H26O3. The van der Waals surface area contributed by atoms with Crippen molar-refractivity contribution in [2.24, 2.45) is 0 Å². The monoisotopic (exact) mass is 350 g/mol. The van der Waals surface area contributed by atoms with Gasteiger partial charge < -0.3 is 9.47 Å². The second-order valence-corrected chi connectivity index (χ2v) is 6.20. The molecular weight excluding hydrogens is 324 g/mol. The highest BCUT2D eigenvalue weighted by molar-refractivity contribution is 5.91. The molecule has 0 aliphatic carbocycles. The molecule has 0 aliphatic rings. The van der Waals surface area contributed by atoms with E-state index in [0.29, 0.717) is 17.9 Å². The molecule has 0 amide bonds. The molecule has 0 N–H and O–H groups in total. The fraction of sp³-hybridized carbons (Fsp3) is 0.348. The molecule has 0 aromatic heterocycles. The van der Waals surface area contributed by atoms with Crippen LogP contribution in [0.3, 0.4) is 0 Å². The Morgan fingerprint density at radius 3 is 2.15 bits per heavy atom. The van der Waals surface area contributed by atoms with Gasteiger partial charge >= 0.3 is 5.97 Å². The Kier molecular flexibility index (Phi) is 8.29. The second-order valence-electron chi connectivity index (χ2n) is 6.20. The summed E-state index contributed by atoms with van der Waals surface area (Å²) in [6.07, 6.45) is 12.7. The third kappa shape index (κ3) is 6.64. The molecule has 0 bridgehead atoms. The van der Waals surface area contributed by atoms with E-state index in [-0.39, 0.29) is 0 Å². The zero-order chi connectivity index (χ0) is 18.6. The van der Waals surface area contributed by atoms with Crippen molar-refractivity contribution in [1.82, 2.24) is 0 Å². The number of esters is 1. The largest absolute Gasteiger partial charge is 0.494 e. The van der Waals surface area contributed by atoms with Gasteiger partial charge in [0.15, 0.2) is 0 Å². The Labute approximate surface area is 156 Å². The summed E-state index contributed by atoms with van der Waals surface area (Å²) in [6.45, 7) is 2.93. The molecule has 0 atom stereocenters. The molecule has 0 heterocycles. The number of rotatable bonds is 10. The van der Waals surface area contributed by atoms with Gasteiger partial charge in [-0.3, -0.25) is 0 Å². The highest BCUT2D eigenvalue weighted by atomic mass is 16.5. The zero-order valence-electron chi connectivity index (χ0n) is 15.4. The predicted octanol–water partition coefficient (Wildman–Crippen LogP) is 5.63. The van der Waals surface area contributed by atoms with E-state index in [1.807, 2.05) is 0 Å². The first-order valence-corrected chi connectivity index (χ1v) is 9.24. The van der Waals surface area contributed by atoms with Crippen LogP contribution in [0, 0.1) is 12.3 Å². The quantitative estimate of drug-likeness (QED) is 0.241. The number of benzene rings is 2. The van der Waals surface area contributed by atoms with E-state index >= 15 is 0 Å². The summed E-state index contributed by atoms with van der Waals surface area (Å²) in [5.74, 6) is 3.36. The molecule has 0 unspecified atom stereocenters. The highest BCUT2D eigenvalue weighted by Crippen LogP contribution is 2.17. The van der Waals surface area contributed by atoms with Gasteiger partial charge in [-0.2, -0.15) is 0 Å². The van der Waals surface area contributed by atoms with Gasteiger partial charge in [-0.05, 0) is 55.0 Å². The number of carbonyl (C=O) groups is 1. The maximum absolute atomic E-state index is 12.2. The van der Waals surface area contributed by atoms with Crippen molar-refractivity contribution in [3.05, 3.63) is 59.7 Å². The van der Waals surface area contributed by atoms with E-state index in [2.05, 4.69) is 12.8 Å². The zero-order valence-corrected chi connectivity index (χ0v) is 15.4. The van der Waals surface area contributed by atoms with Crippen LogP contribution in [-0.4, -0.2) is 12.6 Å². The van der Waals surface area contributed by atoms with Crippen molar-refractivity contribution in [3.63, 3.8) is 0 Å². The number of carbonyl (C=O) groups excluding carboxylic acids is 1. The van der Waals surface area contributed by atoms with Crippen LogP contribution in [0.2, 0.25) is 0 Å². The van der Waals surface area contributed by atoms with Crippen LogP contribution in [0.25, 0.3) is 0 Å². The number of ether oxygens (including phenoxy) is 2. The van der Waals surface area contributed by atoms with Gasteiger partial charge in [-0.15, -0.1) is 6.42 Å². The standard InChI is InChI=1S/C23H26O3/c1-3-5-6-7-8-9-18-25-21-16-12-20(13-17-21)23(24)26-22-14-10-19(4-2)11-15-22/h2,10-17H,3,5-9,18H2,1H3. The Hall–Kier alpha value is -2.73. The smallest absolute Gasteiger partial charge is 0.343 e. The van der Waals surface area contributed by atoms with Crippen LogP contribution in [0.4, 0.5) is 0 Å². The molecule has 0 saturated carbocycles. The fourth-order valence-corrected chi connectivity index (χ4v) is 2.54. The van der Waals surface area contributed by atoms with Crippen LogP contribution >= 0.6 is 0 Å². The number of unbranched alkanes of at least 4 members (excludes halogenated alkanes) is 5. The SMILES string of the molecule is C#Cc1ccc(OC(=O)c2ccc(OCCCCCCCC)cc2)cc1. The predicted molar refractivity (Wildman–Crippen MR) is 105 cm³/mol. The lowest BCUT2D eigenvalue weighted by Gasteiger charge is -2.08. The maximum Gasteiger partial charge on any atom is 0.343 e. The molecule has 0 aliphatic heterocycles.